The first-order chi connectivity index (χ1) is 6.77. The minimum Gasteiger partial charge on any atom is -0.478 e. The lowest BCUT2D eigenvalue weighted by Crippen LogP contribution is -2.12. The highest BCUT2D eigenvalue weighted by molar-refractivity contribution is 5.85. The van der Waals surface area contributed by atoms with Crippen molar-refractivity contribution in [3.8, 4) is 0 Å². The van der Waals surface area contributed by atoms with E-state index in [4.69, 9.17) is 20.4 Å². The van der Waals surface area contributed by atoms with Gasteiger partial charge in [0.1, 0.15) is 0 Å². The van der Waals surface area contributed by atoms with Crippen LogP contribution in [0, 0.1) is 10.1 Å². The molecule has 0 rings (SSSR count). The Morgan fingerprint density at radius 2 is 1.93 bits per heavy atom. The zero-order valence-electron chi connectivity index (χ0n) is 9.01. The second kappa shape index (κ2) is 8.95. The largest absolute Gasteiger partial charge is 0.478 e. The molecule has 0 amide bonds. The Bertz CT molecular complexity index is 233. The Balaban J connectivity index is 0. The standard InChI is InChI=1S/C8H15NO2.HNO3/c1-7(8(10)11)5-4-6-9(2)3;2-1(3)4/h5H,4,6H2,1-3H3,(H,10,11);(H,2,3,4). The van der Waals surface area contributed by atoms with E-state index in [1.807, 2.05) is 19.0 Å². The quantitative estimate of drug-likeness (QED) is 0.409. The van der Waals surface area contributed by atoms with Crippen LogP contribution < -0.4 is 0 Å². The molecule has 0 radical (unpaired) electrons. The zero-order chi connectivity index (χ0) is 12.4. The molecule has 0 heterocycles. The van der Waals surface area contributed by atoms with E-state index in [9.17, 15) is 4.79 Å². The minimum atomic E-state index is -1.50. The molecule has 88 valence electrons. The van der Waals surface area contributed by atoms with Crippen molar-refractivity contribution in [3.05, 3.63) is 21.8 Å². The lowest BCUT2D eigenvalue weighted by atomic mass is 10.2. The number of rotatable bonds is 4. The van der Waals surface area contributed by atoms with Crippen LogP contribution in [0.3, 0.4) is 0 Å². The zero-order valence-corrected chi connectivity index (χ0v) is 9.01. The van der Waals surface area contributed by atoms with E-state index in [0.29, 0.717) is 5.57 Å². The molecule has 15 heavy (non-hydrogen) atoms. The summed E-state index contributed by atoms with van der Waals surface area (Å²) in [5, 5.41) is 22.1. The molecule has 0 fully saturated rings. The fraction of sp³-hybridized carbons (Fsp3) is 0.625. The van der Waals surface area contributed by atoms with Gasteiger partial charge in [0.15, 0.2) is 0 Å². The molecule has 7 nitrogen and oxygen atoms in total. The third-order valence-electron chi connectivity index (χ3n) is 1.36. The van der Waals surface area contributed by atoms with Gasteiger partial charge in [-0.05, 0) is 27.4 Å². The highest BCUT2D eigenvalue weighted by Gasteiger charge is 1.97. The number of nitrogens with zero attached hydrogens (tertiary/aromatic N) is 2. The molecule has 0 bridgehead atoms. The second-order valence-electron chi connectivity index (χ2n) is 3.02. The fourth-order valence-electron chi connectivity index (χ4n) is 0.627. The second-order valence-corrected chi connectivity index (χ2v) is 3.02. The molecule has 0 aliphatic rings. The van der Waals surface area contributed by atoms with Crippen LogP contribution in [0.1, 0.15) is 13.3 Å². The maximum Gasteiger partial charge on any atom is 0.330 e. The van der Waals surface area contributed by atoms with E-state index in [1.165, 1.54) is 0 Å². The molecule has 0 aliphatic heterocycles. The Hall–Kier alpha value is -1.63. The van der Waals surface area contributed by atoms with Crippen molar-refractivity contribution in [1.82, 2.24) is 4.90 Å². The first-order valence-electron chi connectivity index (χ1n) is 4.15. The van der Waals surface area contributed by atoms with Gasteiger partial charge in [0.2, 0.25) is 0 Å². The number of aliphatic carboxylic acids is 1. The Morgan fingerprint density at radius 3 is 2.20 bits per heavy atom. The van der Waals surface area contributed by atoms with Crippen molar-refractivity contribution in [1.29, 1.82) is 0 Å². The molecule has 0 atom stereocenters. The van der Waals surface area contributed by atoms with Gasteiger partial charge in [-0.15, -0.1) is 10.1 Å². The monoisotopic (exact) mass is 220 g/mol. The molecule has 0 aliphatic carbocycles. The predicted octanol–water partition coefficient (Wildman–Crippen LogP) is 0.621. The highest BCUT2D eigenvalue weighted by atomic mass is 16.9. The first kappa shape index (κ1) is 15.8. The number of carboxylic acids is 1. The van der Waals surface area contributed by atoms with Crippen LogP contribution in [0.4, 0.5) is 0 Å². The van der Waals surface area contributed by atoms with Crippen LogP contribution in [-0.4, -0.2) is 46.9 Å². The van der Waals surface area contributed by atoms with Crippen LogP contribution in [0.25, 0.3) is 0 Å². The molecule has 2 N–H and O–H groups in total. The molecule has 0 spiro atoms. The number of hydrogen-bond acceptors (Lipinski definition) is 4. The van der Waals surface area contributed by atoms with Crippen molar-refractivity contribution in [2.45, 2.75) is 13.3 Å². The average Bonchev–Trinajstić information content (AvgIpc) is 2.01. The maximum atomic E-state index is 10.3. The maximum absolute atomic E-state index is 10.3. The average molecular weight is 220 g/mol. The van der Waals surface area contributed by atoms with Gasteiger partial charge in [-0.2, -0.15) is 0 Å². The van der Waals surface area contributed by atoms with Crippen molar-refractivity contribution in [3.63, 3.8) is 0 Å². The van der Waals surface area contributed by atoms with Gasteiger partial charge in [0, 0.05) is 12.1 Å². The molecule has 0 saturated carbocycles. The van der Waals surface area contributed by atoms with Gasteiger partial charge < -0.3 is 15.2 Å². The van der Waals surface area contributed by atoms with E-state index in [2.05, 4.69) is 0 Å². The molecule has 0 aromatic heterocycles. The van der Waals surface area contributed by atoms with E-state index >= 15 is 0 Å². The summed E-state index contributed by atoms with van der Waals surface area (Å²) < 4.78 is 0. The van der Waals surface area contributed by atoms with Crippen LogP contribution in [0.2, 0.25) is 0 Å². The summed E-state index contributed by atoms with van der Waals surface area (Å²) in [5.74, 6) is -0.830. The molecule has 0 aromatic carbocycles. The Labute approximate surface area is 87.7 Å². The fourth-order valence-corrected chi connectivity index (χ4v) is 0.627. The molecular formula is C8H16N2O5. The summed E-state index contributed by atoms with van der Waals surface area (Å²) in [6.07, 6.45) is 2.54. The molecule has 0 aromatic rings. The summed E-state index contributed by atoms with van der Waals surface area (Å²) in [6, 6.07) is 0. The minimum absolute atomic E-state index is 0.423. The Morgan fingerprint density at radius 1 is 1.53 bits per heavy atom. The van der Waals surface area contributed by atoms with E-state index in [1.54, 1.807) is 13.0 Å². The van der Waals surface area contributed by atoms with E-state index in [0.717, 1.165) is 13.0 Å². The lowest BCUT2D eigenvalue weighted by molar-refractivity contribution is -0.742. The van der Waals surface area contributed by atoms with Gasteiger partial charge in [0.05, 0.1) is 0 Å². The van der Waals surface area contributed by atoms with E-state index in [-0.39, 0.29) is 0 Å². The number of carboxylic acid groups (broad SMARTS) is 1. The van der Waals surface area contributed by atoms with Crippen molar-refractivity contribution >= 4 is 5.97 Å². The third kappa shape index (κ3) is 19.0. The van der Waals surface area contributed by atoms with Gasteiger partial charge in [-0.25, -0.2) is 4.79 Å². The summed E-state index contributed by atoms with van der Waals surface area (Å²) in [5.41, 5.74) is 0.423. The third-order valence-corrected chi connectivity index (χ3v) is 1.36. The molecule has 0 unspecified atom stereocenters. The summed E-state index contributed by atoms with van der Waals surface area (Å²) >= 11 is 0. The summed E-state index contributed by atoms with van der Waals surface area (Å²) in [4.78, 5) is 20.7. The van der Waals surface area contributed by atoms with Crippen molar-refractivity contribution in [2.75, 3.05) is 20.6 Å². The first-order valence-corrected chi connectivity index (χ1v) is 4.15. The molecular weight excluding hydrogens is 204 g/mol. The predicted molar refractivity (Wildman–Crippen MR) is 53.3 cm³/mol. The van der Waals surface area contributed by atoms with Gasteiger partial charge in [0.25, 0.3) is 5.09 Å². The SMILES string of the molecule is CC(=CCCN(C)C)C(=O)O.O=[N+]([O-])O. The normalized spacial score (nSPS) is 10.5. The summed E-state index contributed by atoms with van der Waals surface area (Å²) in [6.45, 7) is 2.50. The smallest absolute Gasteiger partial charge is 0.330 e. The van der Waals surface area contributed by atoms with Crippen LogP contribution in [0.5, 0.6) is 0 Å². The van der Waals surface area contributed by atoms with Gasteiger partial charge >= 0.3 is 5.97 Å². The van der Waals surface area contributed by atoms with Crippen LogP contribution in [-0.2, 0) is 4.79 Å². The lowest BCUT2D eigenvalue weighted by Gasteiger charge is -2.05. The van der Waals surface area contributed by atoms with Crippen molar-refractivity contribution in [2.24, 2.45) is 0 Å². The van der Waals surface area contributed by atoms with E-state index < -0.39 is 11.1 Å². The number of hydrogen-bond donors (Lipinski definition) is 2. The topological polar surface area (TPSA) is 104 Å². The van der Waals surface area contributed by atoms with Crippen LogP contribution >= 0.6 is 0 Å². The molecule has 7 heteroatoms. The van der Waals surface area contributed by atoms with Crippen molar-refractivity contribution < 1.29 is 20.2 Å². The van der Waals surface area contributed by atoms with Crippen LogP contribution in [0.15, 0.2) is 11.6 Å². The Kier molecular flexibility index (Phi) is 9.44. The van der Waals surface area contributed by atoms with Gasteiger partial charge in [-0.3, -0.25) is 0 Å². The number of carbonyl (C=O) groups is 1. The molecule has 0 saturated heterocycles. The van der Waals surface area contributed by atoms with Gasteiger partial charge in [-0.1, -0.05) is 6.08 Å². The highest BCUT2D eigenvalue weighted by Crippen LogP contribution is 1.95. The summed E-state index contributed by atoms with van der Waals surface area (Å²) in [7, 11) is 3.92.